The molecule has 0 radical (unpaired) electrons. The minimum atomic E-state index is 0.578. The lowest BCUT2D eigenvalue weighted by Crippen LogP contribution is -2.06. The molecular formula is C11H17N5O. The van der Waals surface area contributed by atoms with Crippen molar-refractivity contribution in [2.75, 3.05) is 18.5 Å². The second kappa shape index (κ2) is 5.47. The zero-order chi connectivity index (χ0) is 12.1. The van der Waals surface area contributed by atoms with Crippen LogP contribution < -0.4 is 10.1 Å². The third-order valence-electron chi connectivity index (χ3n) is 2.25. The van der Waals surface area contributed by atoms with Crippen LogP contribution in [0, 0.1) is 0 Å². The van der Waals surface area contributed by atoms with Crippen LogP contribution >= 0.6 is 0 Å². The van der Waals surface area contributed by atoms with Crippen LogP contribution in [-0.2, 0) is 0 Å². The molecule has 2 heterocycles. The highest BCUT2D eigenvalue weighted by molar-refractivity contribution is 5.80. The number of H-pyrrole nitrogens is 1. The molecule has 0 spiro atoms. The molecule has 92 valence electrons. The summed E-state index contributed by atoms with van der Waals surface area (Å²) in [5.41, 5.74) is 0.699. The lowest BCUT2D eigenvalue weighted by atomic mass is 10.4. The van der Waals surface area contributed by atoms with E-state index in [0.717, 1.165) is 24.8 Å². The van der Waals surface area contributed by atoms with Gasteiger partial charge < -0.3 is 10.1 Å². The summed E-state index contributed by atoms with van der Waals surface area (Å²) in [4.78, 5) is 8.66. The summed E-state index contributed by atoms with van der Waals surface area (Å²) >= 11 is 0. The molecule has 0 aliphatic rings. The molecule has 0 fully saturated rings. The lowest BCUT2D eigenvalue weighted by Gasteiger charge is -2.07. The van der Waals surface area contributed by atoms with Crippen molar-refractivity contribution < 1.29 is 4.74 Å². The van der Waals surface area contributed by atoms with Crippen LogP contribution in [0.25, 0.3) is 11.0 Å². The summed E-state index contributed by atoms with van der Waals surface area (Å²) in [5.74, 6) is 1.17. The number of aromatic nitrogens is 4. The van der Waals surface area contributed by atoms with Crippen molar-refractivity contribution >= 4 is 17.0 Å². The lowest BCUT2D eigenvalue weighted by molar-refractivity contribution is 0.309. The second-order valence-corrected chi connectivity index (χ2v) is 3.76. The van der Waals surface area contributed by atoms with E-state index in [1.54, 1.807) is 6.20 Å². The molecular weight excluding hydrogens is 218 g/mol. The Hall–Kier alpha value is -1.85. The number of hydrogen-bond donors (Lipinski definition) is 2. The van der Waals surface area contributed by atoms with E-state index < -0.39 is 0 Å². The maximum absolute atomic E-state index is 5.60. The molecule has 17 heavy (non-hydrogen) atoms. The molecule has 0 saturated carbocycles. The first-order chi connectivity index (χ1) is 8.35. The van der Waals surface area contributed by atoms with Crippen molar-refractivity contribution in [1.82, 2.24) is 20.2 Å². The molecule has 0 aromatic carbocycles. The smallest absolute Gasteiger partial charge is 0.229 e. The van der Waals surface area contributed by atoms with Crippen molar-refractivity contribution in [2.45, 2.75) is 26.7 Å². The van der Waals surface area contributed by atoms with Gasteiger partial charge in [-0.3, -0.25) is 5.10 Å². The van der Waals surface area contributed by atoms with Crippen LogP contribution in [0.2, 0.25) is 0 Å². The molecule has 0 atom stereocenters. The standard InChI is InChI=1S/C11H17N5O/c1-3-5-12-11-14-9-8(7-13-16-9)10(15-11)17-6-4-2/h7H,3-6H2,1-2H3,(H2,12,13,14,15,16). The zero-order valence-corrected chi connectivity index (χ0v) is 10.2. The van der Waals surface area contributed by atoms with Gasteiger partial charge in [-0.2, -0.15) is 15.1 Å². The number of fused-ring (bicyclic) bond motifs is 1. The number of rotatable bonds is 6. The minimum Gasteiger partial charge on any atom is -0.477 e. The van der Waals surface area contributed by atoms with Crippen molar-refractivity contribution in [3.05, 3.63) is 6.20 Å². The van der Waals surface area contributed by atoms with Crippen LogP contribution in [-0.4, -0.2) is 33.3 Å². The van der Waals surface area contributed by atoms with Gasteiger partial charge in [-0.25, -0.2) is 0 Å². The Kier molecular flexibility index (Phi) is 3.74. The maximum atomic E-state index is 5.60. The summed E-state index contributed by atoms with van der Waals surface area (Å²) in [6.07, 6.45) is 3.65. The number of aromatic amines is 1. The van der Waals surface area contributed by atoms with Gasteiger partial charge in [-0.15, -0.1) is 0 Å². The van der Waals surface area contributed by atoms with E-state index in [-0.39, 0.29) is 0 Å². The molecule has 0 amide bonds. The Bertz CT molecular complexity index is 482. The van der Waals surface area contributed by atoms with Gasteiger partial charge in [0, 0.05) is 6.54 Å². The zero-order valence-electron chi connectivity index (χ0n) is 10.2. The highest BCUT2D eigenvalue weighted by Crippen LogP contribution is 2.22. The van der Waals surface area contributed by atoms with Gasteiger partial charge in [0.15, 0.2) is 5.65 Å². The highest BCUT2D eigenvalue weighted by Gasteiger charge is 2.09. The fraction of sp³-hybridized carbons (Fsp3) is 0.545. The average molecular weight is 235 g/mol. The van der Waals surface area contributed by atoms with Crippen LogP contribution in [0.4, 0.5) is 5.95 Å². The van der Waals surface area contributed by atoms with Gasteiger partial charge in [-0.1, -0.05) is 13.8 Å². The fourth-order valence-electron chi connectivity index (χ4n) is 1.43. The van der Waals surface area contributed by atoms with E-state index in [2.05, 4.69) is 39.3 Å². The van der Waals surface area contributed by atoms with Gasteiger partial charge in [0.25, 0.3) is 0 Å². The largest absolute Gasteiger partial charge is 0.477 e. The van der Waals surface area contributed by atoms with Crippen molar-refractivity contribution in [3.63, 3.8) is 0 Å². The van der Waals surface area contributed by atoms with Crippen LogP contribution in [0.5, 0.6) is 5.88 Å². The predicted octanol–water partition coefficient (Wildman–Crippen LogP) is 1.96. The first-order valence-electron chi connectivity index (χ1n) is 5.93. The number of hydrogen-bond acceptors (Lipinski definition) is 5. The second-order valence-electron chi connectivity index (χ2n) is 3.76. The average Bonchev–Trinajstić information content (AvgIpc) is 2.81. The first kappa shape index (κ1) is 11.6. The van der Waals surface area contributed by atoms with E-state index in [0.29, 0.717) is 24.1 Å². The van der Waals surface area contributed by atoms with Gasteiger partial charge in [0.1, 0.15) is 5.39 Å². The molecule has 6 heteroatoms. The Morgan fingerprint density at radius 1 is 1.29 bits per heavy atom. The predicted molar refractivity (Wildman–Crippen MR) is 66.3 cm³/mol. The molecule has 0 unspecified atom stereocenters. The highest BCUT2D eigenvalue weighted by atomic mass is 16.5. The summed E-state index contributed by atoms with van der Waals surface area (Å²) in [5, 5.41) is 10.8. The molecule has 0 aliphatic heterocycles. The number of anilines is 1. The molecule has 2 rings (SSSR count). The SMILES string of the molecule is CCCNc1nc(OCCC)c2cn[nH]c2n1. The van der Waals surface area contributed by atoms with Crippen molar-refractivity contribution in [1.29, 1.82) is 0 Å². The van der Waals surface area contributed by atoms with E-state index in [4.69, 9.17) is 4.74 Å². The number of ether oxygens (including phenoxy) is 1. The van der Waals surface area contributed by atoms with Gasteiger partial charge in [0.05, 0.1) is 12.8 Å². The van der Waals surface area contributed by atoms with Gasteiger partial charge in [-0.05, 0) is 12.8 Å². The molecule has 2 aromatic heterocycles. The van der Waals surface area contributed by atoms with Crippen molar-refractivity contribution in [2.24, 2.45) is 0 Å². The number of nitrogens with one attached hydrogen (secondary N) is 2. The molecule has 6 nitrogen and oxygen atoms in total. The molecule has 0 bridgehead atoms. The topological polar surface area (TPSA) is 75.7 Å². The summed E-state index contributed by atoms with van der Waals surface area (Å²) in [6.45, 7) is 5.64. The third kappa shape index (κ3) is 2.64. The Balaban J connectivity index is 2.29. The maximum Gasteiger partial charge on any atom is 0.229 e. The quantitative estimate of drug-likeness (QED) is 0.800. The molecule has 0 saturated heterocycles. The summed E-state index contributed by atoms with van der Waals surface area (Å²) in [7, 11) is 0. The van der Waals surface area contributed by atoms with Gasteiger partial charge in [0.2, 0.25) is 11.8 Å². The molecule has 2 N–H and O–H groups in total. The molecule has 0 aliphatic carbocycles. The summed E-state index contributed by atoms with van der Waals surface area (Å²) < 4.78 is 5.60. The Morgan fingerprint density at radius 3 is 2.94 bits per heavy atom. The van der Waals surface area contributed by atoms with E-state index in [1.165, 1.54) is 0 Å². The normalized spacial score (nSPS) is 10.7. The van der Waals surface area contributed by atoms with E-state index in [1.807, 2.05) is 0 Å². The van der Waals surface area contributed by atoms with Crippen LogP contribution in [0.15, 0.2) is 6.20 Å². The first-order valence-corrected chi connectivity index (χ1v) is 5.93. The van der Waals surface area contributed by atoms with E-state index in [9.17, 15) is 0 Å². The Morgan fingerprint density at radius 2 is 2.18 bits per heavy atom. The van der Waals surface area contributed by atoms with Gasteiger partial charge >= 0.3 is 0 Å². The van der Waals surface area contributed by atoms with Crippen LogP contribution in [0.1, 0.15) is 26.7 Å². The third-order valence-corrected chi connectivity index (χ3v) is 2.25. The van der Waals surface area contributed by atoms with Crippen LogP contribution in [0.3, 0.4) is 0 Å². The minimum absolute atomic E-state index is 0.578. The molecule has 2 aromatic rings. The number of nitrogens with zero attached hydrogens (tertiary/aromatic N) is 3. The monoisotopic (exact) mass is 235 g/mol. The summed E-state index contributed by atoms with van der Waals surface area (Å²) in [6, 6.07) is 0. The Labute approximate surface area is 99.8 Å². The van der Waals surface area contributed by atoms with Crippen molar-refractivity contribution in [3.8, 4) is 5.88 Å². The fourth-order valence-corrected chi connectivity index (χ4v) is 1.43. The van der Waals surface area contributed by atoms with E-state index >= 15 is 0 Å².